The van der Waals surface area contributed by atoms with Gasteiger partial charge in [-0.05, 0) is 53.5 Å². The highest BCUT2D eigenvalue weighted by atomic mass is 14.6. The van der Waals surface area contributed by atoms with Crippen molar-refractivity contribution in [2.24, 2.45) is 0 Å². The molecule has 0 aromatic heterocycles. The predicted octanol–water partition coefficient (Wildman–Crippen LogP) is 5.31. The SMILES string of the molecule is Cc1cc(C)c(N)c(Cc2cc(C(C)C)cc(C(C)C)c2N)c1. The molecule has 2 rings (SSSR count). The quantitative estimate of drug-likeness (QED) is 0.752. The predicted molar refractivity (Wildman–Crippen MR) is 102 cm³/mol. The van der Waals surface area contributed by atoms with Crippen LogP contribution in [0, 0.1) is 13.8 Å². The molecule has 0 bridgehead atoms. The Morgan fingerprint density at radius 3 is 1.96 bits per heavy atom. The fourth-order valence-electron chi connectivity index (χ4n) is 3.14. The highest BCUT2D eigenvalue weighted by molar-refractivity contribution is 5.62. The van der Waals surface area contributed by atoms with Gasteiger partial charge in [-0.1, -0.05) is 57.5 Å². The van der Waals surface area contributed by atoms with E-state index in [1.807, 2.05) is 0 Å². The van der Waals surface area contributed by atoms with Crippen LogP contribution in [0.5, 0.6) is 0 Å². The van der Waals surface area contributed by atoms with Gasteiger partial charge in [-0.3, -0.25) is 0 Å². The van der Waals surface area contributed by atoms with Gasteiger partial charge in [0.25, 0.3) is 0 Å². The lowest BCUT2D eigenvalue weighted by atomic mass is 9.88. The van der Waals surface area contributed by atoms with Crippen LogP contribution in [0.25, 0.3) is 0 Å². The third kappa shape index (κ3) is 3.69. The summed E-state index contributed by atoms with van der Waals surface area (Å²) < 4.78 is 0. The van der Waals surface area contributed by atoms with E-state index in [0.717, 1.165) is 23.4 Å². The van der Waals surface area contributed by atoms with Crippen molar-refractivity contribution in [3.63, 3.8) is 0 Å². The Hall–Kier alpha value is -1.96. The first-order valence-electron chi connectivity index (χ1n) is 8.48. The lowest BCUT2D eigenvalue weighted by Gasteiger charge is -2.19. The molecule has 0 aliphatic heterocycles. The molecule has 2 aromatic carbocycles. The molecule has 124 valence electrons. The molecule has 23 heavy (non-hydrogen) atoms. The summed E-state index contributed by atoms with van der Waals surface area (Å²) in [4.78, 5) is 0. The lowest BCUT2D eigenvalue weighted by molar-refractivity contribution is 0.831. The molecule has 0 atom stereocenters. The van der Waals surface area contributed by atoms with Gasteiger partial charge in [0.15, 0.2) is 0 Å². The fraction of sp³-hybridized carbons (Fsp3) is 0.429. The highest BCUT2D eigenvalue weighted by Crippen LogP contribution is 2.32. The molecule has 0 unspecified atom stereocenters. The van der Waals surface area contributed by atoms with E-state index < -0.39 is 0 Å². The van der Waals surface area contributed by atoms with E-state index in [2.05, 4.69) is 65.8 Å². The summed E-state index contributed by atoms with van der Waals surface area (Å²) in [7, 11) is 0. The van der Waals surface area contributed by atoms with Crippen LogP contribution in [0.1, 0.15) is 72.9 Å². The zero-order valence-electron chi connectivity index (χ0n) is 15.3. The van der Waals surface area contributed by atoms with Crippen molar-refractivity contribution in [1.82, 2.24) is 0 Å². The van der Waals surface area contributed by atoms with Crippen molar-refractivity contribution >= 4 is 11.4 Å². The van der Waals surface area contributed by atoms with Crippen LogP contribution < -0.4 is 11.5 Å². The van der Waals surface area contributed by atoms with E-state index in [1.54, 1.807) is 0 Å². The van der Waals surface area contributed by atoms with Gasteiger partial charge >= 0.3 is 0 Å². The van der Waals surface area contributed by atoms with Crippen molar-refractivity contribution < 1.29 is 0 Å². The van der Waals surface area contributed by atoms with E-state index in [9.17, 15) is 0 Å². The molecular weight excluding hydrogens is 280 g/mol. The third-order valence-electron chi connectivity index (χ3n) is 4.61. The van der Waals surface area contributed by atoms with Crippen LogP contribution in [0.3, 0.4) is 0 Å². The van der Waals surface area contributed by atoms with Gasteiger partial charge in [-0.25, -0.2) is 0 Å². The number of nitrogens with two attached hydrogens (primary N) is 2. The normalized spacial score (nSPS) is 11.5. The number of aryl methyl sites for hydroxylation is 2. The zero-order valence-corrected chi connectivity index (χ0v) is 15.3. The second-order valence-corrected chi connectivity index (χ2v) is 7.32. The second kappa shape index (κ2) is 6.66. The Morgan fingerprint density at radius 2 is 1.39 bits per heavy atom. The molecular formula is C21H30N2. The van der Waals surface area contributed by atoms with E-state index in [4.69, 9.17) is 11.5 Å². The molecule has 2 aromatic rings. The van der Waals surface area contributed by atoms with Gasteiger partial charge in [-0.15, -0.1) is 0 Å². The third-order valence-corrected chi connectivity index (χ3v) is 4.61. The first kappa shape index (κ1) is 17.4. The summed E-state index contributed by atoms with van der Waals surface area (Å²) in [6.07, 6.45) is 0.792. The lowest BCUT2D eigenvalue weighted by Crippen LogP contribution is -2.07. The summed E-state index contributed by atoms with van der Waals surface area (Å²) in [6, 6.07) is 8.83. The molecule has 0 radical (unpaired) electrons. The van der Waals surface area contributed by atoms with Crippen molar-refractivity contribution in [3.8, 4) is 0 Å². The largest absolute Gasteiger partial charge is 0.398 e. The summed E-state index contributed by atoms with van der Waals surface area (Å²) in [5, 5.41) is 0. The topological polar surface area (TPSA) is 52.0 Å². The average molecular weight is 310 g/mol. The molecule has 0 saturated heterocycles. The van der Waals surface area contributed by atoms with Gasteiger partial charge < -0.3 is 11.5 Å². The van der Waals surface area contributed by atoms with Gasteiger partial charge in [-0.2, -0.15) is 0 Å². The van der Waals surface area contributed by atoms with Crippen LogP contribution in [0.15, 0.2) is 24.3 Å². The number of hydrogen-bond acceptors (Lipinski definition) is 2. The molecule has 2 nitrogen and oxygen atoms in total. The van der Waals surface area contributed by atoms with Crippen LogP contribution in [-0.4, -0.2) is 0 Å². The maximum atomic E-state index is 6.49. The molecule has 0 aliphatic rings. The minimum Gasteiger partial charge on any atom is -0.398 e. The van der Waals surface area contributed by atoms with Gasteiger partial charge in [0.05, 0.1) is 0 Å². The van der Waals surface area contributed by atoms with Gasteiger partial charge in [0, 0.05) is 17.8 Å². The number of hydrogen-bond donors (Lipinski definition) is 2. The number of benzene rings is 2. The maximum Gasteiger partial charge on any atom is 0.0385 e. The Morgan fingerprint density at radius 1 is 0.783 bits per heavy atom. The van der Waals surface area contributed by atoms with Crippen molar-refractivity contribution in [3.05, 3.63) is 57.6 Å². The van der Waals surface area contributed by atoms with E-state index in [-0.39, 0.29) is 0 Å². The maximum absolute atomic E-state index is 6.49. The Kier molecular flexibility index (Phi) is 5.03. The summed E-state index contributed by atoms with van der Waals surface area (Å²) in [6.45, 7) is 13.0. The first-order valence-corrected chi connectivity index (χ1v) is 8.48. The molecule has 4 N–H and O–H groups in total. The number of nitrogen functional groups attached to an aromatic ring is 2. The van der Waals surface area contributed by atoms with E-state index >= 15 is 0 Å². The average Bonchev–Trinajstić information content (AvgIpc) is 2.45. The highest BCUT2D eigenvalue weighted by Gasteiger charge is 2.14. The number of rotatable bonds is 4. The second-order valence-electron chi connectivity index (χ2n) is 7.32. The molecule has 0 saturated carbocycles. The summed E-state index contributed by atoms with van der Waals surface area (Å²) in [5.41, 5.74) is 21.9. The Labute approximate surface area is 140 Å². The molecule has 0 aliphatic carbocycles. The zero-order chi connectivity index (χ0) is 17.3. The van der Waals surface area contributed by atoms with Crippen LogP contribution in [-0.2, 0) is 6.42 Å². The van der Waals surface area contributed by atoms with Gasteiger partial charge in [0.1, 0.15) is 0 Å². The standard InChI is InChI=1S/C21H30N2/c1-12(2)16-9-18(21(23)19(11-16)13(3)4)10-17-8-14(5)7-15(6)20(17)22/h7-9,11-13H,10,22-23H2,1-6H3. The molecule has 0 amide bonds. The van der Waals surface area contributed by atoms with Crippen LogP contribution in [0.4, 0.5) is 11.4 Å². The molecule has 0 fully saturated rings. The van der Waals surface area contributed by atoms with Crippen LogP contribution >= 0.6 is 0 Å². The van der Waals surface area contributed by atoms with Crippen molar-refractivity contribution in [2.45, 2.75) is 59.8 Å². The van der Waals surface area contributed by atoms with Crippen molar-refractivity contribution in [1.29, 1.82) is 0 Å². The monoisotopic (exact) mass is 310 g/mol. The first-order chi connectivity index (χ1) is 10.7. The van der Waals surface area contributed by atoms with Crippen LogP contribution in [0.2, 0.25) is 0 Å². The van der Waals surface area contributed by atoms with E-state index in [1.165, 1.54) is 27.8 Å². The smallest absolute Gasteiger partial charge is 0.0385 e. The summed E-state index contributed by atoms with van der Waals surface area (Å²) in [5.74, 6) is 0.910. The minimum atomic E-state index is 0.420. The fourth-order valence-corrected chi connectivity index (χ4v) is 3.14. The Balaban J connectivity index is 2.55. The molecule has 0 heterocycles. The van der Waals surface area contributed by atoms with Crippen molar-refractivity contribution in [2.75, 3.05) is 11.5 Å². The molecule has 2 heteroatoms. The number of anilines is 2. The minimum absolute atomic E-state index is 0.420. The molecule has 0 spiro atoms. The van der Waals surface area contributed by atoms with E-state index in [0.29, 0.717) is 11.8 Å². The van der Waals surface area contributed by atoms with Gasteiger partial charge in [0.2, 0.25) is 0 Å². The Bertz CT molecular complexity index is 712. The summed E-state index contributed by atoms with van der Waals surface area (Å²) >= 11 is 0.